The predicted octanol–water partition coefficient (Wildman–Crippen LogP) is 3.65. The first-order valence-corrected chi connectivity index (χ1v) is 12.0. The molecular formula is C21H23BrN2O4S. The fraction of sp³-hybridized carbons (Fsp3) is 0.381. The van der Waals surface area contributed by atoms with Gasteiger partial charge in [0.1, 0.15) is 0 Å². The second-order valence-electron chi connectivity index (χ2n) is 7.42. The largest absolute Gasteiger partial charge is 0.377 e. The lowest BCUT2D eigenvalue weighted by Crippen LogP contribution is -2.32. The number of fused-ring (bicyclic) bond motifs is 1. The second-order valence-corrected chi connectivity index (χ2v) is 10.0. The number of benzene rings is 2. The molecule has 2 aromatic rings. The maximum Gasteiger partial charge on any atom is 0.256 e. The number of sulfonamides is 1. The normalized spacial score (nSPS) is 18.6. The van der Waals surface area contributed by atoms with Crippen molar-refractivity contribution in [2.24, 2.45) is 0 Å². The smallest absolute Gasteiger partial charge is 0.256 e. The molecule has 1 unspecified atom stereocenters. The van der Waals surface area contributed by atoms with E-state index in [1.807, 2.05) is 18.2 Å². The summed E-state index contributed by atoms with van der Waals surface area (Å²) in [7, 11) is -3.73. The van der Waals surface area contributed by atoms with Crippen LogP contribution in [0.5, 0.6) is 0 Å². The minimum atomic E-state index is -3.73. The number of hydrogen-bond acceptors (Lipinski definition) is 4. The SMILES string of the molecule is O=C(Nc1ccc2c(c1)CCC2)c1cc(S(=O)(=O)NCC2CCCO2)ccc1Br. The van der Waals surface area contributed by atoms with Gasteiger partial charge in [-0.05, 0) is 89.5 Å². The van der Waals surface area contributed by atoms with Crippen molar-refractivity contribution in [1.82, 2.24) is 4.72 Å². The lowest BCUT2D eigenvalue weighted by Gasteiger charge is -2.13. The van der Waals surface area contributed by atoms with Gasteiger partial charge in [0, 0.05) is 23.3 Å². The van der Waals surface area contributed by atoms with Crippen LogP contribution < -0.4 is 10.0 Å². The van der Waals surface area contributed by atoms with E-state index in [1.54, 1.807) is 6.07 Å². The van der Waals surface area contributed by atoms with E-state index in [-0.39, 0.29) is 29.0 Å². The van der Waals surface area contributed by atoms with Crippen LogP contribution in [0.25, 0.3) is 0 Å². The second kappa shape index (κ2) is 8.55. The Morgan fingerprint density at radius 3 is 2.72 bits per heavy atom. The number of aryl methyl sites for hydroxylation is 2. The van der Waals surface area contributed by atoms with E-state index in [0.717, 1.165) is 32.1 Å². The molecule has 29 heavy (non-hydrogen) atoms. The van der Waals surface area contributed by atoms with E-state index in [4.69, 9.17) is 4.74 Å². The first kappa shape index (κ1) is 20.5. The quantitative estimate of drug-likeness (QED) is 0.663. The molecule has 0 bridgehead atoms. The molecule has 2 aromatic carbocycles. The fourth-order valence-electron chi connectivity index (χ4n) is 3.78. The van der Waals surface area contributed by atoms with Crippen molar-refractivity contribution in [2.45, 2.75) is 43.1 Å². The molecule has 6 nitrogen and oxygen atoms in total. The summed E-state index contributed by atoms with van der Waals surface area (Å²) < 4.78 is 33.9. The highest BCUT2D eigenvalue weighted by atomic mass is 79.9. The van der Waals surface area contributed by atoms with Crippen molar-refractivity contribution in [2.75, 3.05) is 18.5 Å². The first-order chi connectivity index (χ1) is 13.9. The van der Waals surface area contributed by atoms with E-state index < -0.39 is 10.0 Å². The molecule has 1 atom stereocenters. The minimum absolute atomic E-state index is 0.0535. The lowest BCUT2D eigenvalue weighted by molar-refractivity contribution is 0.102. The van der Waals surface area contributed by atoms with Gasteiger partial charge in [0.05, 0.1) is 16.6 Å². The van der Waals surface area contributed by atoms with Crippen LogP contribution in [0.1, 0.15) is 40.7 Å². The van der Waals surface area contributed by atoms with Crippen LogP contribution in [0.15, 0.2) is 45.8 Å². The van der Waals surface area contributed by atoms with E-state index in [1.165, 1.54) is 23.3 Å². The molecule has 1 amide bonds. The van der Waals surface area contributed by atoms with Crippen molar-refractivity contribution in [1.29, 1.82) is 0 Å². The maximum absolute atomic E-state index is 12.8. The van der Waals surface area contributed by atoms with Gasteiger partial charge in [-0.25, -0.2) is 13.1 Å². The number of halogens is 1. The molecule has 0 aromatic heterocycles. The highest BCUT2D eigenvalue weighted by molar-refractivity contribution is 9.10. The minimum Gasteiger partial charge on any atom is -0.377 e. The number of carbonyl (C=O) groups is 1. The molecule has 8 heteroatoms. The summed E-state index contributed by atoms with van der Waals surface area (Å²) in [6.45, 7) is 0.896. The Labute approximate surface area is 179 Å². The van der Waals surface area contributed by atoms with Crippen LogP contribution in [0.2, 0.25) is 0 Å². The van der Waals surface area contributed by atoms with Crippen molar-refractivity contribution < 1.29 is 17.9 Å². The summed E-state index contributed by atoms with van der Waals surface area (Å²) in [4.78, 5) is 12.9. The lowest BCUT2D eigenvalue weighted by atomic mass is 10.1. The molecule has 154 valence electrons. The monoisotopic (exact) mass is 478 g/mol. The third kappa shape index (κ3) is 4.71. The number of anilines is 1. The summed E-state index contributed by atoms with van der Waals surface area (Å²) in [5.74, 6) is -0.356. The van der Waals surface area contributed by atoms with Crippen molar-refractivity contribution in [3.05, 3.63) is 57.6 Å². The van der Waals surface area contributed by atoms with E-state index in [2.05, 4.69) is 26.0 Å². The van der Waals surface area contributed by atoms with Crippen LogP contribution in [0.4, 0.5) is 5.69 Å². The van der Waals surface area contributed by atoms with Gasteiger partial charge in [0.15, 0.2) is 0 Å². The summed E-state index contributed by atoms with van der Waals surface area (Å²) in [6.07, 6.45) is 4.93. The zero-order valence-electron chi connectivity index (χ0n) is 15.9. The summed E-state index contributed by atoms with van der Waals surface area (Å²) in [5, 5.41) is 2.88. The maximum atomic E-state index is 12.8. The van der Waals surface area contributed by atoms with E-state index in [0.29, 0.717) is 16.8 Å². The topological polar surface area (TPSA) is 84.5 Å². The van der Waals surface area contributed by atoms with Crippen LogP contribution in [-0.4, -0.2) is 33.6 Å². The zero-order chi connectivity index (χ0) is 20.4. The van der Waals surface area contributed by atoms with Gasteiger partial charge >= 0.3 is 0 Å². The molecule has 2 N–H and O–H groups in total. The Morgan fingerprint density at radius 1 is 1.10 bits per heavy atom. The summed E-state index contributed by atoms with van der Waals surface area (Å²) in [6, 6.07) is 10.4. The molecule has 1 heterocycles. The van der Waals surface area contributed by atoms with Gasteiger partial charge in [-0.15, -0.1) is 0 Å². The Morgan fingerprint density at radius 2 is 1.93 bits per heavy atom. The number of ether oxygens (including phenoxy) is 1. The van der Waals surface area contributed by atoms with Gasteiger partial charge in [0.25, 0.3) is 5.91 Å². The Kier molecular flexibility index (Phi) is 6.06. The van der Waals surface area contributed by atoms with Crippen LogP contribution in [0, 0.1) is 0 Å². The molecule has 0 saturated carbocycles. The molecule has 0 radical (unpaired) electrons. The average Bonchev–Trinajstić information content (AvgIpc) is 3.38. The molecule has 1 aliphatic carbocycles. The van der Waals surface area contributed by atoms with E-state index >= 15 is 0 Å². The number of hydrogen-bond donors (Lipinski definition) is 2. The molecule has 1 fully saturated rings. The van der Waals surface area contributed by atoms with Gasteiger partial charge in [-0.2, -0.15) is 0 Å². The summed E-state index contributed by atoms with van der Waals surface area (Å²) in [5.41, 5.74) is 3.57. The van der Waals surface area contributed by atoms with Crippen LogP contribution in [0.3, 0.4) is 0 Å². The highest BCUT2D eigenvalue weighted by Crippen LogP contribution is 2.26. The Balaban J connectivity index is 1.50. The summed E-state index contributed by atoms with van der Waals surface area (Å²) >= 11 is 3.36. The molecule has 2 aliphatic rings. The number of carbonyl (C=O) groups excluding carboxylic acids is 1. The molecule has 1 saturated heterocycles. The van der Waals surface area contributed by atoms with Crippen LogP contribution in [-0.2, 0) is 27.6 Å². The zero-order valence-corrected chi connectivity index (χ0v) is 18.3. The van der Waals surface area contributed by atoms with Gasteiger partial charge in [0.2, 0.25) is 10.0 Å². The van der Waals surface area contributed by atoms with Gasteiger partial charge in [-0.3, -0.25) is 4.79 Å². The standard InChI is InChI=1S/C21H23BrN2O4S/c22-20-9-8-18(29(26,27)23-13-17-5-2-10-28-17)12-19(20)21(25)24-16-7-6-14-3-1-4-15(14)11-16/h6-9,11-12,17,23H,1-5,10,13H2,(H,24,25). The Hall–Kier alpha value is -1.74. The van der Waals surface area contributed by atoms with Gasteiger partial charge in [-0.1, -0.05) is 6.07 Å². The fourth-order valence-corrected chi connectivity index (χ4v) is 5.30. The number of amides is 1. The molecule has 0 spiro atoms. The highest BCUT2D eigenvalue weighted by Gasteiger charge is 2.22. The van der Waals surface area contributed by atoms with Crippen LogP contribution >= 0.6 is 15.9 Å². The third-order valence-corrected chi connectivity index (χ3v) is 7.49. The average molecular weight is 479 g/mol. The third-order valence-electron chi connectivity index (χ3n) is 5.37. The van der Waals surface area contributed by atoms with Crippen molar-refractivity contribution in [3.63, 3.8) is 0 Å². The van der Waals surface area contributed by atoms with Crippen molar-refractivity contribution in [3.8, 4) is 0 Å². The Bertz CT molecular complexity index is 1030. The molecular weight excluding hydrogens is 456 g/mol. The van der Waals surface area contributed by atoms with Gasteiger partial charge < -0.3 is 10.1 Å². The van der Waals surface area contributed by atoms with E-state index in [9.17, 15) is 13.2 Å². The number of rotatable bonds is 6. The first-order valence-electron chi connectivity index (χ1n) is 9.76. The van der Waals surface area contributed by atoms with Crippen molar-refractivity contribution >= 4 is 37.5 Å². The molecule has 1 aliphatic heterocycles. The number of nitrogens with one attached hydrogen (secondary N) is 2. The molecule has 4 rings (SSSR count). The predicted molar refractivity (Wildman–Crippen MR) is 115 cm³/mol.